The molecule has 0 unspecified atom stereocenters. The first-order valence-electron chi connectivity index (χ1n) is 10.5. The lowest BCUT2D eigenvalue weighted by Gasteiger charge is -2.68. The number of halogens is 6. The number of nitrogens with zero attached hydrogens (tertiary/aromatic N) is 2. The molecule has 1 heterocycles. The lowest BCUT2D eigenvalue weighted by atomic mass is 9.39. The van der Waals surface area contributed by atoms with Gasteiger partial charge >= 0.3 is 12.7 Å². The molecule has 1 amide bonds. The van der Waals surface area contributed by atoms with Crippen LogP contribution in [-0.2, 0) is 29.8 Å². The Morgan fingerprint density at radius 1 is 0.970 bits per heavy atom. The van der Waals surface area contributed by atoms with Crippen molar-refractivity contribution in [1.82, 2.24) is 15.5 Å². The summed E-state index contributed by atoms with van der Waals surface area (Å²) in [5, 5.41) is 10.7. The summed E-state index contributed by atoms with van der Waals surface area (Å²) in [4.78, 5) is 12.2. The molecule has 0 spiro atoms. The first kappa shape index (κ1) is 22.8. The van der Waals surface area contributed by atoms with Crippen molar-refractivity contribution < 1.29 is 49.8 Å². The minimum absolute atomic E-state index is 0.0586. The zero-order valence-electron chi connectivity index (χ0n) is 17.3. The maximum atomic E-state index is 12.5. The molecule has 2 bridgehead atoms. The Kier molecular flexibility index (Phi) is 4.87. The van der Waals surface area contributed by atoms with E-state index in [1.165, 1.54) is 0 Å². The molecule has 184 valence electrons. The van der Waals surface area contributed by atoms with Crippen molar-refractivity contribution in [3.63, 3.8) is 0 Å². The van der Waals surface area contributed by atoms with E-state index in [1.54, 1.807) is 0 Å². The molecule has 5 aliphatic carbocycles. The van der Waals surface area contributed by atoms with Gasteiger partial charge in [-0.3, -0.25) is 14.3 Å². The number of rotatable bonds is 9. The van der Waals surface area contributed by atoms with Gasteiger partial charge in [0.25, 0.3) is 0 Å². The Labute approximate surface area is 183 Å². The van der Waals surface area contributed by atoms with Crippen molar-refractivity contribution in [3.05, 3.63) is 11.8 Å². The summed E-state index contributed by atoms with van der Waals surface area (Å²) >= 11 is 0. The molecule has 6 rings (SSSR count). The van der Waals surface area contributed by atoms with E-state index >= 15 is 0 Å². The number of hydrogen-bond acceptors (Lipinski definition) is 7. The molecular weight excluding hydrogens is 464 g/mol. The van der Waals surface area contributed by atoms with E-state index in [4.69, 9.17) is 9.15 Å². The van der Waals surface area contributed by atoms with Gasteiger partial charge in [-0.2, -0.15) is 0 Å². The van der Waals surface area contributed by atoms with Crippen molar-refractivity contribution in [2.24, 2.45) is 0 Å². The Morgan fingerprint density at radius 3 is 2.12 bits per heavy atom. The van der Waals surface area contributed by atoms with E-state index < -0.39 is 54.0 Å². The van der Waals surface area contributed by atoms with Crippen LogP contribution in [0.15, 0.2) is 4.42 Å². The number of amides is 1. The number of aromatic nitrogens is 2. The van der Waals surface area contributed by atoms with Gasteiger partial charge in [0.1, 0.15) is 6.61 Å². The second-order valence-corrected chi connectivity index (χ2v) is 9.67. The second kappa shape index (κ2) is 7.04. The third-order valence-corrected chi connectivity index (χ3v) is 7.02. The number of carbonyl (C=O) groups excluding carboxylic acids is 1. The van der Waals surface area contributed by atoms with Gasteiger partial charge in [0.2, 0.25) is 17.7 Å². The zero-order chi connectivity index (χ0) is 23.8. The van der Waals surface area contributed by atoms with Gasteiger partial charge in [-0.25, -0.2) is 0 Å². The van der Waals surface area contributed by atoms with E-state index in [9.17, 15) is 31.1 Å². The molecule has 14 heteroatoms. The molecule has 33 heavy (non-hydrogen) atoms. The van der Waals surface area contributed by atoms with E-state index in [1.807, 2.05) is 0 Å². The molecular formula is C19H21F6N3O5. The number of alkyl halides is 6. The molecule has 5 aliphatic rings. The molecule has 0 atom stereocenters. The van der Waals surface area contributed by atoms with Crippen LogP contribution >= 0.6 is 0 Å². The quantitative estimate of drug-likeness (QED) is 0.423. The number of ether oxygens (including phenoxy) is 3. The average molecular weight is 485 g/mol. The summed E-state index contributed by atoms with van der Waals surface area (Å²) in [6, 6.07) is 0. The predicted molar refractivity (Wildman–Crippen MR) is 93.3 cm³/mol. The van der Waals surface area contributed by atoms with Crippen LogP contribution in [0, 0.1) is 0 Å². The van der Waals surface area contributed by atoms with E-state index in [-0.39, 0.29) is 18.7 Å². The van der Waals surface area contributed by atoms with Gasteiger partial charge in [0.15, 0.2) is 5.79 Å². The van der Waals surface area contributed by atoms with Crippen LogP contribution in [0.1, 0.15) is 63.1 Å². The molecule has 0 saturated heterocycles. The van der Waals surface area contributed by atoms with Crippen molar-refractivity contribution in [3.8, 4) is 0 Å². The highest BCUT2D eigenvalue weighted by molar-refractivity contribution is 5.79. The third kappa shape index (κ3) is 4.32. The highest BCUT2D eigenvalue weighted by atomic mass is 19.4. The monoisotopic (exact) mass is 485 g/mol. The molecule has 5 saturated carbocycles. The fourth-order valence-corrected chi connectivity index (χ4v) is 5.07. The van der Waals surface area contributed by atoms with Crippen LogP contribution in [0.3, 0.4) is 0 Å². The van der Waals surface area contributed by atoms with Gasteiger partial charge in [0.05, 0.1) is 17.4 Å². The maximum Gasteiger partial charge on any atom is 0.524 e. The van der Waals surface area contributed by atoms with Crippen LogP contribution in [0.5, 0.6) is 0 Å². The fraction of sp³-hybridized carbons (Fsp3) is 0.842. The lowest BCUT2D eigenvalue weighted by Crippen LogP contribution is -2.77. The number of carbonyl (C=O) groups is 1. The van der Waals surface area contributed by atoms with Crippen LogP contribution in [0.2, 0.25) is 0 Å². The maximum absolute atomic E-state index is 12.5. The van der Waals surface area contributed by atoms with Crippen LogP contribution in [0.25, 0.3) is 0 Å². The molecule has 0 aliphatic heterocycles. The lowest BCUT2D eigenvalue weighted by molar-refractivity contribution is -0.432. The Balaban J connectivity index is 1.11. The smallest absolute Gasteiger partial charge is 0.424 e. The van der Waals surface area contributed by atoms with Gasteiger partial charge in [-0.05, 0) is 38.5 Å². The van der Waals surface area contributed by atoms with Crippen LogP contribution in [0.4, 0.5) is 26.3 Å². The largest absolute Gasteiger partial charge is 0.524 e. The van der Waals surface area contributed by atoms with E-state index in [0.29, 0.717) is 44.4 Å². The number of hydrogen-bond donors (Lipinski definition) is 1. The van der Waals surface area contributed by atoms with Crippen molar-refractivity contribution >= 4 is 5.91 Å². The van der Waals surface area contributed by atoms with Crippen molar-refractivity contribution in [2.45, 2.75) is 86.2 Å². The number of nitrogens with one attached hydrogen (secondary N) is 1. The summed E-state index contributed by atoms with van der Waals surface area (Å²) in [6.45, 7) is -1.14. The molecule has 5 fully saturated rings. The van der Waals surface area contributed by atoms with E-state index in [0.717, 1.165) is 0 Å². The highest BCUT2D eigenvalue weighted by Gasteiger charge is 2.72. The van der Waals surface area contributed by atoms with Crippen molar-refractivity contribution in [2.75, 3.05) is 13.2 Å². The molecule has 0 radical (unpaired) electrons. The first-order valence-corrected chi connectivity index (χ1v) is 10.5. The summed E-state index contributed by atoms with van der Waals surface area (Å²) in [5.41, 5.74) is -1.89. The SMILES string of the molecule is O=C(COC1(OC(F)(F)F)CCC1)NC12CC(c3nnc(C4(COC(F)(F)F)CC4)o3)(C1)C2. The summed E-state index contributed by atoms with van der Waals surface area (Å²) in [5.74, 6) is -1.92. The molecule has 0 aromatic carbocycles. The van der Waals surface area contributed by atoms with Gasteiger partial charge in [-0.15, -0.1) is 36.5 Å². The highest BCUT2D eigenvalue weighted by Crippen LogP contribution is 2.67. The van der Waals surface area contributed by atoms with Crippen LogP contribution in [-0.4, -0.2) is 53.4 Å². The Morgan fingerprint density at radius 2 is 1.61 bits per heavy atom. The van der Waals surface area contributed by atoms with Gasteiger partial charge in [0, 0.05) is 18.4 Å². The molecule has 1 aromatic heterocycles. The average Bonchev–Trinajstić information content (AvgIpc) is 3.24. The van der Waals surface area contributed by atoms with E-state index in [2.05, 4.69) is 25.0 Å². The fourth-order valence-electron chi connectivity index (χ4n) is 5.07. The summed E-state index contributed by atoms with van der Waals surface area (Å²) in [6.07, 6.45) is -6.58. The normalized spacial score (nSPS) is 31.2. The summed E-state index contributed by atoms with van der Waals surface area (Å²) < 4.78 is 93.5. The minimum atomic E-state index is -4.85. The molecule has 8 nitrogen and oxygen atoms in total. The zero-order valence-corrected chi connectivity index (χ0v) is 17.3. The first-order chi connectivity index (χ1) is 15.3. The Bertz CT molecular complexity index is 917. The van der Waals surface area contributed by atoms with Crippen molar-refractivity contribution in [1.29, 1.82) is 0 Å². The summed E-state index contributed by atoms with van der Waals surface area (Å²) in [7, 11) is 0. The third-order valence-electron chi connectivity index (χ3n) is 7.02. The molecule has 1 N–H and O–H groups in total. The van der Waals surface area contributed by atoms with Gasteiger partial charge < -0.3 is 14.5 Å². The minimum Gasteiger partial charge on any atom is -0.424 e. The second-order valence-electron chi connectivity index (χ2n) is 9.67. The molecule has 1 aromatic rings. The van der Waals surface area contributed by atoms with Gasteiger partial charge in [-0.1, -0.05) is 0 Å². The van der Waals surface area contributed by atoms with Crippen LogP contribution < -0.4 is 5.32 Å². The standard InChI is InChI=1S/C19H21F6N3O5/c20-18(21,22)31-10-14(4-5-14)12-27-28-13(32-12)15-7-16(8-15,9-15)26-11(29)6-30-17(2-1-3-17)33-19(23,24)25/h1-10H2,(H,26,29). The topological polar surface area (TPSA) is 95.7 Å². The Hall–Kier alpha value is -1.93. The predicted octanol–water partition coefficient (Wildman–Crippen LogP) is 3.36.